The molecule has 0 aliphatic carbocycles. The van der Waals surface area contributed by atoms with E-state index in [1.54, 1.807) is 12.1 Å². The van der Waals surface area contributed by atoms with Gasteiger partial charge >= 0.3 is 0 Å². The van der Waals surface area contributed by atoms with Gasteiger partial charge in [-0.2, -0.15) is 0 Å². The first kappa shape index (κ1) is 10.7. The number of nitro benzene ring substituents is 1. The van der Waals surface area contributed by atoms with Gasteiger partial charge in [0.05, 0.1) is 10.8 Å². The number of Topliss-reactive ketones (excluding diaryl/α,β-unsaturated/α-hetero) is 1. The van der Waals surface area contributed by atoms with Crippen molar-refractivity contribution in [2.24, 2.45) is 0 Å². The molecule has 14 heavy (non-hydrogen) atoms. The molecule has 0 saturated carbocycles. The van der Waals surface area contributed by atoms with Crippen LogP contribution in [-0.4, -0.2) is 16.6 Å². The first-order valence-electron chi connectivity index (χ1n) is 3.94. The highest BCUT2D eigenvalue weighted by Crippen LogP contribution is 2.12. The molecule has 0 unspecified atom stereocenters. The molecule has 0 heterocycles. The van der Waals surface area contributed by atoms with E-state index in [0.29, 0.717) is 0 Å². The smallest absolute Gasteiger partial charge is 0.269 e. The van der Waals surface area contributed by atoms with E-state index in [9.17, 15) is 14.9 Å². The lowest BCUT2D eigenvalue weighted by Gasteiger charge is -1.97. The Bertz CT molecular complexity index is 348. The van der Waals surface area contributed by atoms with E-state index in [2.05, 4.69) is 0 Å². The number of ketones is 1. The Morgan fingerprint density at radius 3 is 2.36 bits per heavy atom. The summed E-state index contributed by atoms with van der Waals surface area (Å²) in [5.74, 6) is -0.128. The van der Waals surface area contributed by atoms with Gasteiger partial charge in [0.25, 0.3) is 5.69 Å². The van der Waals surface area contributed by atoms with E-state index in [4.69, 9.17) is 11.6 Å². The van der Waals surface area contributed by atoms with Gasteiger partial charge < -0.3 is 0 Å². The maximum absolute atomic E-state index is 10.9. The molecule has 0 aliphatic rings. The fourth-order valence-corrected chi connectivity index (χ4v) is 1.10. The molecule has 4 nitrogen and oxygen atoms in total. The number of hydrogen-bond acceptors (Lipinski definition) is 3. The van der Waals surface area contributed by atoms with Crippen molar-refractivity contribution in [3.63, 3.8) is 0 Å². The predicted octanol–water partition coefficient (Wildman–Crippen LogP) is 1.95. The van der Waals surface area contributed by atoms with E-state index < -0.39 is 4.92 Å². The average molecular weight is 214 g/mol. The van der Waals surface area contributed by atoms with Crippen molar-refractivity contribution in [1.82, 2.24) is 0 Å². The summed E-state index contributed by atoms with van der Waals surface area (Å²) >= 11 is 5.33. The molecule has 0 atom stereocenters. The quantitative estimate of drug-likeness (QED) is 0.436. The topological polar surface area (TPSA) is 60.2 Å². The molecule has 0 saturated heterocycles. The van der Waals surface area contributed by atoms with Crippen LogP contribution in [-0.2, 0) is 11.2 Å². The second-order valence-corrected chi connectivity index (χ2v) is 3.04. The van der Waals surface area contributed by atoms with Crippen LogP contribution in [0.25, 0.3) is 0 Å². The summed E-state index contributed by atoms with van der Waals surface area (Å²) in [5.41, 5.74) is 0.758. The summed E-state index contributed by atoms with van der Waals surface area (Å²) in [5, 5.41) is 10.3. The molecule has 74 valence electrons. The summed E-state index contributed by atoms with van der Waals surface area (Å²) in [7, 11) is 0. The van der Waals surface area contributed by atoms with Crippen molar-refractivity contribution in [2.45, 2.75) is 6.42 Å². The fraction of sp³-hybridized carbons (Fsp3) is 0.222. The maximum Gasteiger partial charge on any atom is 0.269 e. The van der Waals surface area contributed by atoms with Crippen LogP contribution in [0.5, 0.6) is 0 Å². The molecule has 0 radical (unpaired) electrons. The second kappa shape index (κ2) is 4.72. The van der Waals surface area contributed by atoms with Crippen LogP contribution >= 0.6 is 11.6 Å². The molecule has 0 N–H and O–H groups in total. The second-order valence-electron chi connectivity index (χ2n) is 2.77. The molecular formula is C9H8ClNO3. The molecule has 0 aliphatic heterocycles. The van der Waals surface area contributed by atoms with Crippen molar-refractivity contribution in [1.29, 1.82) is 0 Å². The van der Waals surface area contributed by atoms with Crippen molar-refractivity contribution in [3.8, 4) is 0 Å². The number of nitro groups is 1. The molecule has 1 aromatic carbocycles. The Balaban J connectivity index is 2.73. The zero-order valence-electron chi connectivity index (χ0n) is 7.27. The first-order valence-corrected chi connectivity index (χ1v) is 4.48. The Morgan fingerprint density at radius 2 is 1.93 bits per heavy atom. The number of rotatable bonds is 4. The highest BCUT2D eigenvalue weighted by molar-refractivity contribution is 6.27. The largest absolute Gasteiger partial charge is 0.298 e. The molecular weight excluding hydrogens is 206 g/mol. The van der Waals surface area contributed by atoms with Gasteiger partial charge in [0.15, 0.2) is 5.78 Å². The van der Waals surface area contributed by atoms with Gasteiger partial charge in [0.1, 0.15) is 0 Å². The highest BCUT2D eigenvalue weighted by atomic mass is 35.5. The summed E-state index contributed by atoms with van der Waals surface area (Å²) in [6.07, 6.45) is 0.224. The van der Waals surface area contributed by atoms with Crippen LogP contribution in [0.1, 0.15) is 5.56 Å². The van der Waals surface area contributed by atoms with E-state index in [0.717, 1.165) is 5.56 Å². The molecule has 1 rings (SSSR count). The zero-order valence-corrected chi connectivity index (χ0v) is 8.03. The Morgan fingerprint density at radius 1 is 1.36 bits per heavy atom. The number of halogens is 1. The Hall–Kier alpha value is -1.42. The zero-order chi connectivity index (χ0) is 10.6. The lowest BCUT2D eigenvalue weighted by molar-refractivity contribution is -0.384. The van der Waals surface area contributed by atoms with Crippen LogP contribution in [0.3, 0.4) is 0 Å². The predicted molar refractivity (Wildman–Crippen MR) is 52.5 cm³/mol. The molecule has 1 aromatic rings. The van der Waals surface area contributed by atoms with Gasteiger partial charge in [-0.15, -0.1) is 11.6 Å². The SMILES string of the molecule is O=C(CCl)Cc1ccc([N+](=O)[O-])cc1. The molecule has 0 bridgehead atoms. The van der Waals surface area contributed by atoms with Crippen LogP contribution in [0.4, 0.5) is 5.69 Å². The number of nitrogens with zero attached hydrogens (tertiary/aromatic N) is 1. The average Bonchev–Trinajstić information content (AvgIpc) is 2.18. The Kier molecular flexibility index (Phi) is 3.59. The normalized spacial score (nSPS) is 9.79. The molecule has 0 spiro atoms. The van der Waals surface area contributed by atoms with E-state index >= 15 is 0 Å². The number of benzene rings is 1. The molecule has 0 fully saturated rings. The molecule has 0 aromatic heterocycles. The van der Waals surface area contributed by atoms with Crippen molar-refractivity contribution in [2.75, 3.05) is 5.88 Å². The van der Waals surface area contributed by atoms with Crippen LogP contribution in [0.2, 0.25) is 0 Å². The highest BCUT2D eigenvalue weighted by Gasteiger charge is 2.06. The van der Waals surface area contributed by atoms with Crippen molar-refractivity contribution >= 4 is 23.1 Å². The third kappa shape index (κ3) is 2.81. The van der Waals surface area contributed by atoms with Crippen molar-refractivity contribution < 1.29 is 9.72 Å². The monoisotopic (exact) mass is 213 g/mol. The standard InChI is InChI=1S/C9H8ClNO3/c10-6-9(12)5-7-1-3-8(4-2-7)11(13)14/h1-4H,5-6H2. The number of carbonyl (C=O) groups is 1. The number of alkyl halides is 1. The van der Waals surface area contributed by atoms with Crippen LogP contribution in [0.15, 0.2) is 24.3 Å². The summed E-state index contributed by atoms with van der Waals surface area (Å²) in [4.78, 5) is 20.8. The fourth-order valence-electron chi connectivity index (χ4n) is 1.01. The van der Waals surface area contributed by atoms with Gasteiger partial charge in [-0.1, -0.05) is 12.1 Å². The minimum absolute atomic E-state index is 0.0204. The van der Waals surface area contributed by atoms with Gasteiger partial charge in [-0.25, -0.2) is 0 Å². The Labute approximate surface area is 85.6 Å². The number of carbonyl (C=O) groups excluding carboxylic acids is 1. The van der Waals surface area contributed by atoms with Crippen LogP contribution < -0.4 is 0 Å². The molecule has 5 heteroatoms. The van der Waals surface area contributed by atoms with E-state index in [1.807, 2.05) is 0 Å². The van der Waals surface area contributed by atoms with Gasteiger partial charge in [-0.3, -0.25) is 14.9 Å². The lowest BCUT2D eigenvalue weighted by Crippen LogP contribution is -2.03. The van der Waals surface area contributed by atoms with E-state index in [1.165, 1.54) is 12.1 Å². The number of non-ortho nitro benzene ring substituents is 1. The lowest BCUT2D eigenvalue weighted by atomic mass is 10.1. The number of hydrogen-bond donors (Lipinski definition) is 0. The minimum atomic E-state index is -0.479. The summed E-state index contributed by atoms with van der Waals surface area (Å²) in [6, 6.07) is 5.86. The van der Waals surface area contributed by atoms with Crippen LogP contribution in [0, 0.1) is 10.1 Å². The van der Waals surface area contributed by atoms with Gasteiger partial charge in [-0.05, 0) is 5.56 Å². The first-order chi connectivity index (χ1) is 6.63. The minimum Gasteiger partial charge on any atom is -0.298 e. The molecule has 0 amide bonds. The third-order valence-corrected chi connectivity index (χ3v) is 2.00. The third-order valence-electron chi connectivity index (χ3n) is 1.70. The van der Waals surface area contributed by atoms with E-state index in [-0.39, 0.29) is 23.8 Å². The van der Waals surface area contributed by atoms with Crippen molar-refractivity contribution in [3.05, 3.63) is 39.9 Å². The van der Waals surface area contributed by atoms with Gasteiger partial charge in [0.2, 0.25) is 0 Å². The van der Waals surface area contributed by atoms with Gasteiger partial charge in [0, 0.05) is 18.6 Å². The maximum atomic E-state index is 10.9. The summed E-state index contributed by atoms with van der Waals surface area (Å²) < 4.78 is 0. The summed E-state index contributed by atoms with van der Waals surface area (Å²) in [6.45, 7) is 0.